The molecular formula is C15H14N4O2S. The number of carbonyl (C=O) groups excluding carboxylic acids is 1. The Kier molecular flexibility index (Phi) is 3.97. The van der Waals surface area contributed by atoms with Crippen LogP contribution in [0.2, 0.25) is 0 Å². The Bertz CT molecular complexity index is 845. The lowest BCUT2D eigenvalue weighted by molar-refractivity contribution is 0.0964. The third kappa shape index (κ3) is 2.75. The maximum Gasteiger partial charge on any atom is 0.253 e. The number of fused-ring (bicyclic) bond motifs is 1. The van der Waals surface area contributed by atoms with Crippen LogP contribution in [0.15, 0.2) is 47.8 Å². The molecule has 0 fully saturated rings. The molecule has 0 bridgehead atoms. The lowest BCUT2D eigenvalue weighted by Crippen LogP contribution is -2.18. The number of imidazole rings is 1. The summed E-state index contributed by atoms with van der Waals surface area (Å²) in [5, 5.41) is 2.92. The first kappa shape index (κ1) is 14.4. The van der Waals surface area contributed by atoms with Gasteiger partial charge in [-0.1, -0.05) is 12.1 Å². The molecular weight excluding hydrogens is 300 g/mol. The van der Waals surface area contributed by atoms with Crippen LogP contribution in [-0.4, -0.2) is 32.1 Å². The second-order valence-corrected chi connectivity index (χ2v) is 6.00. The van der Waals surface area contributed by atoms with E-state index < -0.39 is 10.8 Å². The summed E-state index contributed by atoms with van der Waals surface area (Å²) in [5.41, 5.74) is 2.39. The molecule has 0 aliphatic heterocycles. The molecule has 3 aromatic rings. The quantitative estimate of drug-likeness (QED) is 0.766. The standard InChI is InChI=1S/C15H14N4O2S/c1-16-14(20)11-6-4-7-12-13(11)19-15(18-12)22(21)9-10-5-2-3-8-17-10/h2-8H,9H2,1H3,(H,16,20)(H,18,19). The lowest BCUT2D eigenvalue weighted by Gasteiger charge is -1.99. The van der Waals surface area contributed by atoms with Crippen LogP contribution < -0.4 is 5.32 Å². The van der Waals surface area contributed by atoms with Crippen molar-refractivity contribution in [3.8, 4) is 0 Å². The van der Waals surface area contributed by atoms with E-state index in [0.717, 1.165) is 5.69 Å². The van der Waals surface area contributed by atoms with Gasteiger partial charge in [0.1, 0.15) is 5.52 Å². The molecule has 2 N–H and O–H groups in total. The monoisotopic (exact) mass is 314 g/mol. The molecule has 112 valence electrons. The minimum absolute atomic E-state index is 0.223. The molecule has 22 heavy (non-hydrogen) atoms. The van der Waals surface area contributed by atoms with E-state index >= 15 is 0 Å². The van der Waals surface area contributed by atoms with Gasteiger partial charge in [0, 0.05) is 13.2 Å². The summed E-state index contributed by atoms with van der Waals surface area (Å²) in [6.07, 6.45) is 1.66. The molecule has 7 heteroatoms. The summed E-state index contributed by atoms with van der Waals surface area (Å²) < 4.78 is 12.4. The summed E-state index contributed by atoms with van der Waals surface area (Å²) >= 11 is 0. The van der Waals surface area contributed by atoms with Gasteiger partial charge in [0.15, 0.2) is 5.16 Å². The van der Waals surface area contributed by atoms with E-state index in [1.807, 2.05) is 18.2 Å². The summed E-state index contributed by atoms with van der Waals surface area (Å²) in [6.45, 7) is 0. The van der Waals surface area contributed by atoms with Crippen LogP contribution in [0.4, 0.5) is 0 Å². The number of amides is 1. The summed E-state index contributed by atoms with van der Waals surface area (Å²) in [5.74, 6) is 0.0508. The number of aromatic nitrogens is 3. The molecule has 3 rings (SSSR count). The minimum atomic E-state index is -1.35. The number of pyridine rings is 1. The van der Waals surface area contributed by atoms with E-state index in [0.29, 0.717) is 21.8 Å². The Hall–Kier alpha value is -2.54. The first-order valence-corrected chi connectivity index (χ1v) is 8.00. The van der Waals surface area contributed by atoms with Crippen LogP contribution in [0.3, 0.4) is 0 Å². The second kappa shape index (κ2) is 6.07. The van der Waals surface area contributed by atoms with Crippen molar-refractivity contribution >= 4 is 27.7 Å². The largest absolute Gasteiger partial charge is 0.355 e. The summed E-state index contributed by atoms with van der Waals surface area (Å²) in [4.78, 5) is 23.4. The van der Waals surface area contributed by atoms with Crippen LogP contribution >= 0.6 is 0 Å². The van der Waals surface area contributed by atoms with Gasteiger partial charge < -0.3 is 10.3 Å². The maximum absolute atomic E-state index is 12.4. The van der Waals surface area contributed by atoms with E-state index in [1.165, 1.54) is 0 Å². The van der Waals surface area contributed by atoms with Crippen molar-refractivity contribution in [2.45, 2.75) is 10.9 Å². The van der Waals surface area contributed by atoms with Gasteiger partial charge in [0.25, 0.3) is 5.91 Å². The number of carbonyl (C=O) groups is 1. The topological polar surface area (TPSA) is 87.7 Å². The zero-order valence-electron chi connectivity index (χ0n) is 11.9. The highest BCUT2D eigenvalue weighted by molar-refractivity contribution is 7.84. The molecule has 0 aliphatic rings. The third-order valence-corrected chi connectivity index (χ3v) is 4.37. The van der Waals surface area contributed by atoms with Gasteiger partial charge in [-0.3, -0.25) is 14.0 Å². The van der Waals surface area contributed by atoms with Crippen LogP contribution in [0.1, 0.15) is 16.1 Å². The van der Waals surface area contributed by atoms with Crippen LogP contribution in [-0.2, 0) is 16.6 Å². The van der Waals surface area contributed by atoms with Crippen LogP contribution in [0, 0.1) is 0 Å². The average molecular weight is 314 g/mol. The van der Waals surface area contributed by atoms with Gasteiger partial charge in [-0.15, -0.1) is 0 Å². The van der Waals surface area contributed by atoms with Gasteiger partial charge >= 0.3 is 0 Å². The van der Waals surface area contributed by atoms with Crippen molar-refractivity contribution < 1.29 is 9.00 Å². The molecule has 6 nitrogen and oxygen atoms in total. The molecule has 1 atom stereocenters. The Morgan fingerprint density at radius 2 is 2.14 bits per heavy atom. The number of rotatable bonds is 4. The first-order valence-electron chi connectivity index (χ1n) is 6.68. The van der Waals surface area contributed by atoms with E-state index in [9.17, 15) is 9.00 Å². The molecule has 0 aliphatic carbocycles. The Balaban J connectivity index is 1.95. The highest BCUT2D eigenvalue weighted by Gasteiger charge is 2.16. The summed E-state index contributed by atoms with van der Waals surface area (Å²) in [7, 11) is 0.212. The van der Waals surface area contributed by atoms with E-state index in [-0.39, 0.29) is 11.7 Å². The molecule has 0 radical (unpaired) electrons. The highest BCUT2D eigenvalue weighted by atomic mass is 32.2. The first-order chi connectivity index (χ1) is 10.7. The predicted octanol–water partition coefficient (Wildman–Crippen LogP) is 1.63. The smallest absolute Gasteiger partial charge is 0.253 e. The molecule has 1 aromatic carbocycles. The number of aromatic amines is 1. The zero-order chi connectivity index (χ0) is 15.5. The number of benzene rings is 1. The van der Waals surface area contributed by atoms with E-state index in [1.54, 1.807) is 31.4 Å². The van der Waals surface area contributed by atoms with Crippen molar-refractivity contribution in [3.05, 3.63) is 53.9 Å². The fourth-order valence-corrected chi connectivity index (χ4v) is 3.11. The molecule has 0 saturated heterocycles. The van der Waals surface area contributed by atoms with Gasteiger partial charge in [0.05, 0.1) is 33.3 Å². The Morgan fingerprint density at radius 1 is 1.27 bits per heavy atom. The fraction of sp³-hybridized carbons (Fsp3) is 0.133. The predicted molar refractivity (Wildman–Crippen MR) is 83.8 cm³/mol. The zero-order valence-corrected chi connectivity index (χ0v) is 12.7. The van der Waals surface area contributed by atoms with Crippen molar-refractivity contribution in [1.29, 1.82) is 0 Å². The molecule has 2 aromatic heterocycles. The number of para-hydroxylation sites is 1. The number of nitrogens with zero attached hydrogens (tertiary/aromatic N) is 2. The van der Waals surface area contributed by atoms with Crippen LogP contribution in [0.5, 0.6) is 0 Å². The van der Waals surface area contributed by atoms with Crippen molar-refractivity contribution in [1.82, 2.24) is 20.3 Å². The van der Waals surface area contributed by atoms with Crippen LogP contribution in [0.25, 0.3) is 11.0 Å². The minimum Gasteiger partial charge on any atom is -0.355 e. The molecule has 2 heterocycles. The normalized spacial score (nSPS) is 12.2. The second-order valence-electron chi connectivity index (χ2n) is 4.63. The Morgan fingerprint density at radius 3 is 2.86 bits per heavy atom. The molecule has 1 amide bonds. The van der Waals surface area contributed by atoms with Gasteiger partial charge in [-0.2, -0.15) is 0 Å². The molecule has 1 unspecified atom stereocenters. The highest BCUT2D eigenvalue weighted by Crippen LogP contribution is 2.19. The molecule has 0 saturated carbocycles. The van der Waals surface area contributed by atoms with Gasteiger partial charge in [-0.05, 0) is 24.3 Å². The lowest BCUT2D eigenvalue weighted by atomic mass is 10.2. The fourth-order valence-electron chi connectivity index (χ4n) is 2.12. The van der Waals surface area contributed by atoms with Crippen molar-refractivity contribution in [2.75, 3.05) is 7.05 Å². The number of nitrogens with one attached hydrogen (secondary N) is 2. The number of hydrogen-bond donors (Lipinski definition) is 2. The van der Waals surface area contributed by atoms with E-state index in [2.05, 4.69) is 20.3 Å². The number of hydrogen-bond acceptors (Lipinski definition) is 4. The number of H-pyrrole nitrogens is 1. The Labute approximate surface area is 129 Å². The SMILES string of the molecule is CNC(=O)c1cccc2[nH]c(S(=O)Cc3ccccn3)nc12. The van der Waals surface area contributed by atoms with Crippen molar-refractivity contribution in [3.63, 3.8) is 0 Å². The van der Waals surface area contributed by atoms with Crippen molar-refractivity contribution in [2.24, 2.45) is 0 Å². The summed E-state index contributed by atoms with van der Waals surface area (Å²) in [6, 6.07) is 10.7. The average Bonchev–Trinajstić information content (AvgIpc) is 2.99. The maximum atomic E-state index is 12.4. The van der Waals surface area contributed by atoms with E-state index in [4.69, 9.17) is 0 Å². The third-order valence-electron chi connectivity index (χ3n) is 3.18. The molecule has 0 spiro atoms. The van der Waals surface area contributed by atoms with Gasteiger partial charge in [0.2, 0.25) is 0 Å². The van der Waals surface area contributed by atoms with Gasteiger partial charge in [-0.25, -0.2) is 4.98 Å².